The Labute approximate surface area is 112 Å². The molecule has 2 aromatic rings. The number of rotatable bonds is 4. The minimum Gasteiger partial charge on any atom is -0.508 e. The largest absolute Gasteiger partial charge is 0.508 e. The Morgan fingerprint density at radius 3 is 2.47 bits per heavy atom. The molecule has 0 saturated heterocycles. The van der Waals surface area contributed by atoms with Gasteiger partial charge in [0.2, 0.25) is 0 Å². The Morgan fingerprint density at radius 1 is 1.05 bits per heavy atom. The van der Waals surface area contributed by atoms with E-state index in [0.29, 0.717) is 0 Å². The number of nitrogens with zero attached hydrogens (tertiary/aromatic N) is 1. The molecule has 19 heavy (non-hydrogen) atoms. The molecule has 0 bridgehead atoms. The van der Waals surface area contributed by atoms with E-state index >= 15 is 0 Å². The maximum absolute atomic E-state index is 9.83. The molecule has 1 aromatic carbocycles. The third-order valence-electron chi connectivity index (χ3n) is 3.11. The normalized spacial score (nSPS) is 14.0. The number of pyridine rings is 1. The molecule has 4 heteroatoms. The van der Waals surface area contributed by atoms with Crippen molar-refractivity contribution in [3.63, 3.8) is 0 Å². The van der Waals surface area contributed by atoms with Crippen LogP contribution >= 0.6 is 0 Å². The van der Waals surface area contributed by atoms with E-state index in [1.165, 1.54) is 6.07 Å². The van der Waals surface area contributed by atoms with E-state index in [4.69, 9.17) is 0 Å². The highest BCUT2D eigenvalue weighted by atomic mass is 16.3. The Balaban J connectivity index is 2.10. The fraction of sp³-hybridized carbons (Fsp3) is 0.267. The smallest absolute Gasteiger partial charge is 0.124 e. The van der Waals surface area contributed by atoms with E-state index < -0.39 is 0 Å². The molecular weight excluding hydrogens is 240 g/mol. The van der Waals surface area contributed by atoms with E-state index in [0.717, 1.165) is 11.3 Å². The van der Waals surface area contributed by atoms with Crippen LogP contribution in [0.5, 0.6) is 11.5 Å². The lowest BCUT2D eigenvalue weighted by Gasteiger charge is -2.20. The lowest BCUT2D eigenvalue weighted by atomic mass is 10.1. The summed E-state index contributed by atoms with van der Waals surface area (Å²) in [6.45, 7) is 3.99. The van der Waals surface area contributed by atoms with Crippen LogP contribution in [0.4, 0.5) is 0 Å². The molecule has 0 spiro atoms. The number of aromatic hydroxyl groups is 2. The van der Waals surface area contributed by atoms with Crippen LogP contribution in [-0.4, -0.2) is 15.2 Å². The number of nitrogens with one attached hydrogen (secondary N) is 1. The first-order valence-corrected chi connectivity index (χ1v) is 6.27. The summed E-state index contributed by atoms with van der Waals surface area (Å²) in [6, 6.07) is 10.4. The summed E-state index contributed by atoms with van der Waals surface area (Å²) in [5.41, 5.74) is 1.70. The predicted molar refractivity (Wildman–Crippen MR) is 74.0 cm³/mol. The van der Waals surface area contributed by atoms with Crippen molar-refractivity contribution in [3.8, 4) is 11.5 Å². The van der Waals surface area contributed by atoms with Gasteiger partial charge >= 0.3 is 0 Å². The molecule has 1 heterocycles. The van der Waals surface area contributed by atoms with Gasteiger partial charge in [0.1, 0.15) is 11.5 Å². The number of benzene rings is 1. The molecule has 0 radical (unpaired) electrons. The summed E-state index contributed by atoms with van der Waals surface area (Å²) >= 11 is 0. The van der Waals surface area contributed by atoms with Gasteiger partial charge in [-0.25, -0.2) is 0 Å². The van der Waals surface area contributed by atoms with Crippen LogP contribution in [0, 0.1) is 0 Å². The molecule has 1 aromatic heterocycles. The molecule has 0 aliphatic heterocycles. The fourth-order valence-electron chi connectivity index (χ4n) is 2.08. The summed E-state index contributed by atoms with van der Waals surface area (Å²) < 4.78 is 0. The molecule has 0 amide bonds. The van der Waals surface area contributed by atoms with Crippen molar-refractivity contribution in [1.82, 2.24) is 10.3 Å². The molecule has 4 nitrogen and oxygen atoms in total. The van der Waals surface area contributed by atoms with Crippen molar-refractivity contribution in [2.24, 2.45) is 0 Å². The quantitative estimate of drug-likeness (QED) is 0.789. The van der Waals surface area contributed by atoms with Crippen LogP contribution in [0.25, 0.3) is 0 Å². The molecule has 0 aliphatic carbocycles. The zero-order valence-corrected chi connectivity index (χ0v) is 11.0. The van der Waals surface area contributed by atoms with Gasteiger partial charge in [-0.15, -0.1) is 0 Å². The van der Waals surface area contributed by atoms with Gasteiger partial charge < -0.3 is 15.5 Å². The SMILES string of the molecule is CC(NC(C)c1ccc(O)cc1O)c1ccccn1. The van der Waals surface area contributed by atoms with E-state index in [-0.39, 0.29) is 23.6 Å². The lowest BCUT2D eigenvalue weighted by Crippen LogP contribution is -2.23. The third-order valence-corrected chi connectivity index (χ3v) is 3.11. The zero-order chi connectivity index (χ0) is 13.8. The van der Waals surface area contributed by atoms with E-state index in [2.05, 4.69) is 10.3 Å². The van der Waals surface area contributed by atoms with Crippen LogP contribution < -0.4 is 5.32 Å². The first-order chi connectivity index (χ1) is 9.08. The second-order valence-electron chi connectivity index (χ2n) is 4.61. The molecule has 2 unspecified atom stereocenters. The van der Waals surface area contributed by atoms with Crippen molar-refractivity contribution in [1.29, 1.82) is 0 Å². The van der Waals surface area contributed by atoms with Crippen LogP contribution in [0.3, 0.4) is 0 Å². The number of hydrogen-bond donors (Lipinski definition) is 3. The predicted octanol–water partition coefficient (Wildman–Crippen LogP) is 2.90. The van der Waals surface area contributed by atoms with Crippen molar-refractivity contribution in [2.45, 2.75) is 25.9 Å². The summed E-state index contributed by atoms with van der Waals surface area (Å²) in [6.07, 6.45) is 1.76. The highest BCUT2D eigenvalue weighted by molar-refractivity contribution is 5.40. The van der Waals surface area contributed by atoms with Gasteiger partial charge in [-0.1, -0.05) is 12.1 Å². The minimum absolute atomic E-state index is 0.0439. The topological polar surface area (TPSA) is 65.4 Å². The first kappa shape index (κ1) is 13.4. The molecule has 0 saturated carbocycles. The zero-order valence-electron chi connectivity index (χ0n) is 11.0. The Morgan fingerprint density at radius 2 is 1.84 bits per heavy atom. The molecule has 3 N–H and O–H groups in total. The van der Waals surface area contributed by atoms with Crippen LogP contribution in [0.1, 0.15) is 37.2 Å². The van der Waals surface area contributed by atoms with Crippen molar-refractivity contribution in [2.75, 3.05) is 0 Å². The molecule has 0 aliphatic rings. The number of phenolic OH excluding ortho intramolecular Hbond substituents is 2. The molecule has 100 valence electrons. The van der Waals surface area contributed by atoms with Gasteiger partial charge in [0.15, 0.2) is 0 Å². The van der Waals surface area contributed by atoms with Crippen molar-refractivity contribution >= 4 is 0 Å². The van der Waals surface area contributed by atoms with E-state index in [1.54, 1.807) is 18.3 Å². The standard InChI is InChI=1S/C15H18N2O2/c1-10(13-7-6-12(18)9-15(13)19)17-11(2)14-5-3-4-8-16-14/h3-11,17-19H,1-2H3. The van der Waals surface area contributed by atoms with Gasteiger partial charge in [-0.2, -0.15) is 0 Å². The second kappa shape index (κ2) is 5.71. The van der Waals surface area contributed by atoms with Crippen molar-refractivity contribution < 1.29 is 10.2 Å². The molecule has 0 fully saturated rings. The third kappa shape index (κ3) is 3.23. The van der Waals surface area contributed by atoms with Gasteiger partial charge in [-0.05, 0) is 32.0 Å². The summed E-state index contributed by atoms with van der Waals surface area (Å²) in [7, 11) is 0. The van der Waals surface area contributed by atoms with Gasteiger partial charge in [0.25, 0.3) is 0 Å². The van der Waals surface area contributed by atoms with Gasteiger partial charge in [0, 0.05) is 29.9 Å². The molecule has 2 rings (SSSR count). The highest BCUT2D eigenvalue weighted by Gasteiger charge is 2.14. The molecule has 2 atom stereocenters. The van der Waals surface area contributed by atoms with Crippen LogP contribution in [-0.2, 0) is 0 Å². The fourth-order valence-corrected chi connectivity index (χ4v) is 2.08. The van der Waals surface area contributed by atoms with Crippen LogP contribution in [0.2, 0.25) is 0 Å². The summed E-state index contributed by atoms with van der Waals surface area (Å²) in [4.78, 5) is 4.30. The Kier molecular flexibility index (Phi) is 4.02. The van der Waals surface area contributed by atoms with Gasteiger partial charge in [-0.3, -0.25) is 4.98 Å². The Bertz CT molecular complexity index is 543. The average Bonchev–Trinajstić information content (AvgIpc) is 2.39. The summed E-state index contributed by atoms with van der Waals surface area (Å²) in [5.74, 6) is 0.152. The second-order valence-corrected chi connectivity index (χ2v) is 4.61. The van der Waals surface area contributed by atoms with E-state index in [1.807, 2.05) is 32.0 Å². The number of aromatic nitrogens is 1. The monoisotopic (exact) mass is 258 g/mol. The van der Waals surface area contributed by atoms with Gasteiger partial charge in [0.05, 0.1) is 5.69 Å². The first-order valence-electron chi connectivity index (χ1n) is 6.27. The maximum Gasteiger partial charge on any atom is 0.124 e. The Hall–Kier alpha value is -2.07. The average molecular weight is 258 g/mol. The number of hydrogen-bond acceptors (Lipinski definition) is 4. The highest BCUT2D eigenvalue weighted by Crippen LogP contribution is 2.29. The number of phenols is 2. The summed E-state index contributed by atoms with van der Waals surface area (Å²) in [5, 5.41) is 22.5. The van der Waals surface area contributed by atoms with Crippen LogP contribution in [0.15, 0.2) is 42.6 Å². The van der Waals surface area contributed by atoms with E-state index in [9.17, 15) is 10.2 Å². The maximum atomic E-state index is 9.83. The van der Waals surface area contributed by atoms with Crippen molar-refractivity contribution in [3.05, 3.63) is 53.9 Å². The lowest BCUT2D eigenvalue weighted by molar-refractivity contribution is 0.425. The minimum atomic E-state index is -0.0439. The molecular formula is C15H18N2O2.